The molecular weight excluding hydrogens is 246 g/mol. The summed E-state index contributed by atoms with van der Waals surface area (Å²) in [5, 5.41) is 3.80. The van der Waals surface area contributed by atoms with Gasteiger partial charge in [0.1, 0.15) is 5.82 Å². The van der Waals surface area contributed by atoms with E-state index in [1.165, 1.54) is 11.3 Å². The van der Waals surface area contributed by atoms with Crippen LogP contribution in [-0.4, -0.2) is 22.0 Å². The summed E-state index contributed by atoms with van der Waals surface area (Å²) in [7, 11) is 1.84. The molecule has 3 aromatic rings. The summed E-state index contributed by atoms with van der Waals surface area (Å²) >= 11 is 1.53. The van der Waals surface area contributed by atoms with E-state index in [1.807, 2.05) is 32.2 Å². The van der Waals surface area contributed by atoms with Gasteiger partial charge < -0.3 is 16.0 Å². The second-order valence-electron chi connectivity index (χ2n) is 4.06. The number of anilines is 2. The highest BCUT2D eigenvalue weighted by atomic mass is 32.1. The summed E-state index contributed by atoms with van der Waals surface area (Å²) < 4.78 is 0. The number of rotatable bonds is 2. The molecule has 0 atom stereocenters. The largest absolute Gasteiger partial charge is 0.391 e. The van der Waals surface area contributed by atoms with Crippen molar-refractivity contribution >= 4 is 33.3 Å². The summed E-state index contributed by atoms with van der Waals surface area (Å²) in [6.45, 7) is 2.03. The fourth-order valence-corrected chi connectivity index (χ4v) is 2.77. The zero-order valence-corrected chi connectivity index (χ0v) is 10.9. The summed E-state index contributed by atoms with van der Waals surface area (Å²) in [4.78, 5) is 13.2. The molecule has 92 valence electrons. The van der Waals surface area contributed by atoms with Crippen molar-refractivity contribution in [3.63, 3.8) is 0 Å². The van der Waals surface area contributed by atoms with Gasteiger partial charge in [0.05, 0.1) is 15.4 Å². The number of nitrogen functional groups attached to an aromatic ring is 1. The van der Waals surface area contributed by atoms with Crippen LogP contribution in [0.15, 0.2) is 18.2 Å². The Labute approximate surface area is 108 Å². The Balaban J connectivity index is 2.16. The van der Waals surface area contributed by atoms with Crippen LogP contribution >= 0.6 is 11.3 Å². The first-order chi connectivity index (χ1) is 8.67. The Morgan fingerprint density at radius 1 is 1.33 bits per heavy atom. The Hall–Kier alpha value is -2.08. The van der Waals surface area contributed by atoms with Gasteiger partial charge in [0, 0.05) is 7.05 Å². The van der Waals surface area contributed by atoms with E-state index in [2.05, 4.69) is 20.3 Å². The number of hydrogen-bond donors (Lipinski definition) is 3. The molecular formula is C12H13N5S. The number of H-pyrrole nitrogens is 1. The summed E-state index contributed by atoms with van der Waals surface area (Å²) in [5.41, 5.74) is 8.58. The smallest absolute Gasteiger partial charge is 0.180 e. The maximum absolute atomic E-state index is 5.81. The summed E-state index contributed by atoms with van der Waals surface area (Å²) in [6.07, 6.45) is 0. The van der Waals surface area contributed by atoms with Crippen LogP contribution in [0.1, 0.15) is 5.56 Å². The van der Waals surface area contributed by atoms with E-state index in [-0.39, 0.29) is 0 Å². The second-order valence-corrected chi connectivity index (χ2v) is 5.15. The van der Waals surface area contributed by atoms with Crippen molar-refractivity contribution in [3.05, 3.63) is 23.8 Å². The molecule has 0 saturated heterocycles. The number of hydrogen-bond acceptors (Lipinski definition) is 5. The zero-order valence-electron chi connectivity index (χ0n) is 10.1. The van der Waals surface area contributed by atoms with Gasteiger partial charge in [-0.05, 0) is 30.7 Å². The Bertz CT molecular complexity index is 712. The molecule has 6 heteroatoms. The predicted octanol–water partition coefficient (Wildman–Crippen LogP) is 2.62. The molecule has 0 aliphatic heterocycles. The van der Waals surface area contributed by atoms with E-state index in [0.717, 1.165) is 32.6 Å². The molecule has 0 aromatic carbocycles. The average molecular weight is 259 g/mol. The van der Waals surface area contributed by atoms with Gasteiger partial charge in [-0.2, -0.15) is 0 Å². The normalized spacial score (nSPS) is 11.0. The van der Waals surface area contributed by atoms with Crippen molar-refractivity contribution in [2.24, 2.45) is 0 Å². The molecule has 0 fully saturated rings. The number of aromatic nitrogens is 3. The molecule has 5 nitrogen and oxygen atoms in total. The lowest BCUT2D eigenvalue weighted by molar-refractivity contribution is 1.29. The number of imidazole rings is 1. The number of nitrogens with two attached hydrogens (primary N) is 1. The number of aryl methyl sites for hydroxylation is 1. The number of nitrogens with zero attached hydrogens (tertiary/aromatic N) is 2. The highest BCUT2D eigenvalue weighted by Gasteiger charge is 2.11. The first kappa shape index (κ1) is 11.0. The fraction of sp³-hybridized carbons (Fsp3) is 0.167. The third-order valence-electron chi connectivity index (χ3n) is 2.75. The number of thiophene rings is 1. The van der Waals surface area contributed by atoms with Gasteiger partial charge in [0.2, 0.25) is 0 Å². The van der Waals surface area contributed by atoms with Crippen LogP contribution in [0.2, 0.25) is 0 Å². The first-order valence-electron chi connectivity index (χ1n) is 5.58. The van der Waals surface area contributed by atoms with Crippen LogP contribution in [0.25, 0.3) is 21.9 Å². The van der Waals surface area contributed by atoms with Gasteiger partial charge in [-0.25, -0.2) is 9.97 Å². The highest BCUT2D eigenvalue weighted by molar-refractivity contribution is 7.19. The highest BCUT2D eigenvalue weighted by Crippen LogP contribution is 2.32. The van der Waals surface area contributed by atoms with Gasteiger partial charge in [0.25, 0.3) is 0 Å². The molecule has 3 heterocycles. The van der Waals surface area contributed by atoms with E-state index in [0.29, 0.717) is 5.65 Å². The minimum atomic E-state index is 0.711. The molecule has 0 unspecified atom stereocenters. The van der Waals surface area contributed by atoms with Crippen LogP contribution in [0.4, 0.5) is 10.8 Å². The monoisotopic (exact) mass is 259 g/mol. The molecule has 0 radical (unpaired) electrons. The van der Waals surface area contributed by atoms with Crippen LogP contribution in [0.3, 0.4) is 0 Å². The molecule has 4 N–H and O–H groups in total. The minimum absolute atomic E-state index is 0.711. The first-order valence-corrected chi connectivity index (χ1v) is 6.40. The van der Waals surface area contributed by atoms with Crippen molar-refractivity contribution in [2.45, 2.75) is 6.92 Å². The Kier molecular flexibility index (Phi) is 2.45. The minimum Gasteiger partial charge on any atom is -0.391 e. The third-order valence-corrected chi connectivity index (χ3v) is 3.83. The van der Waals surface area contributed by atoms with Gasteiger partial charge in [0.15, 0.2) is 11.5 Å². The van der Waals surface area contributed by atoms with Gasteiger partial charge in [-0.1, -0.05) is 0 Å². The van der Waals surface area contributed by atoms with Crippen LogP contribution in [-0.2, 0) is 0 Å². The van der Waals surface area contributed by atoms with E-state index in [9.17, 15) is 0 Å². The standard InChI is InChI=1S/C12H13N5S/c1-6-5-8(13)18-10(6)12-15-7-3-4-9(14-2)16-11(7)17-12/h3-5H,13H2,1-2H3,(H2,14,15,16,17). The molecule has 0 saturated carbocycles. The summed E-state index contributed by atoms with van der Waals surface area (Å²) in [6, 6.07) is 5.84. The molecule has 0 spiro atoms. The fourth-order valence-electron chi connectivity index (χ4n) is 1.88. The number of pyridine rings is 1. The molecule has 3 aromatic heterocycles. The SMILES string of the molecule is CNc1ccc2[nH]c(-c3sc(N)cc3C)nc2n1. The Morgan fingerprint density at radius 2 is 2.17 bits per heavy atom. The van der Waals surface area contributed by atoms with E-state index >= 15 is 0 Å². The third kappa shape index (κ3) is 1.70. The predicted molar refractivity (Wildman–Crippen MR) is 75.9 cm³/mol. The van der Waals surface area contributed by atoms with Crippen molar-refractivity contribution in [1.29, 1.82) is 0 Å². The van der Waals surface area contributed by atoms with Crippen molar-refractivity contribution < 1.29 is 0 Å². The van der Waals surface area contributed by atoms with Gasteiger partial charge in [-0.15, -0.1) is 11.3 Å². The molecule has 0 bridgehead atoms. The maximum Gasteiger partial charge on any atom is 0.180 e. The zero-order chi connectivity index (χ0) is 12.7. The Morgan fingerprint density at radius 3 is 2.83 bits per heavy atom. The van der Waals surface area contributed by atoms with E-state index < -0.39 is 0 Å². The van der Waals surface area contributed by atoms with Gasteiger partial charge >= 0.3 is 0 Å². The van der Waals surface area contributed by atoms with E-state index in [4.69, 9.17) is 5.73 Å². The second kappa shape index (κ2) is 3.99. The lowest BCUT2D eigenvalue weighted by Crippen LogP contribution is -1.91. The molecule has 0 amide bonds. The average Bonchev–Trinajstić information content (AvgIpc) is 2.90. The van der Waals surface area contributed by atoms with Crippen molar-refractivity contribution in [1.82, 2.24) is 15.0 Å². The maximum atomic E-state index is 5.81. The molecule has 0 aliphatic rings. The van der Waals surface area contributed by atoms with Gasteiger partial charge in [-0.3, -0.25) is 0 Å². The molecule has 18 heavy (non-hydrogen) atoms. The number of nitrogens with one attached hydrogen (secondary N) is 2. The number of aromatic amines is 1. The number of fused-ring (bicyclic) bond motifs is 1. The van der Waals surface area contributed by atoms with Crippen LogP contribution < -0.4 is 11.1 Å². The van der Waals surface area contributed by atoms with Crippen LogP contribution in [0.5, 0.6) is 0 Å². The van der Waals surface area contributed by atoms with Crippen molar-refractivity contribution in [3.8, 4) is 10.7 Å². The lowest BCUT2D eigenvalue weighted by atomic mass is 10.3. The van der Waals surface area contributed by atoms with E-state index in [1.54, 1.807) is 0 Å². The topological polar surface area (TPSA) is 79.6 Å². The lowest BCUT2D eigenvalue weighted by Gasteiger charge is -1.95. The molecule has 0 aliphatic carbocycles. The molecule has 3 rings (SSSR count). The van der Waals surface area contributed by atoms with Crippen LogP contribution in [0, 0.1) is 6.92 Å². The summed E-state index contributed by atoms with van der Waals surface area (Å²) in [5.74, 6) is 1.63. The van der Waals surface area contributed by atoms with Crippen molar-refractivity contribution in [2.75, 3.05) is 18.1 Å². The quantitative estimate of drug-likeness (QED) is 0.661.